The topological polar surface area (TPSA) is 102 Å². The van der Waals surface area contributed by atoms with E-state index in [0.717, 1.165) is 0 Å². The lowest BCUT2D eigenvalue weighted by molar-refractivity contribution is -0.137. The summed E-state index contributed by atoms with van der Waals surface area (Å²) in [6.45, 7) is 3.29. The van der Waals surface area contributed by atoms with E-state index in [1.807, 2.05) is 0 Å². The van der Waals surface area contributed by atoms with Gasteiger partial charge < -0.3 is 14.6 Å². The van der Waals surface area contributed by atoms with Crippen molar-refractivity contribution in [3.8, 4) is 17.2 Å². The Hall–Kier alpha value is -2.58. The van der Waals surface area contributed by atoms with Crippen molar-refractivity contribution in [2.75, 3.05) is 7.11 Å². The third-order valence-corrected chi connectivity index (χ3v) is 5.52. The molecule has 0 heterocycles. The van der Waals surface area contributed by atoms with E-state index in [4.69, 9.17) is 14.6 Å². The van der Waals surface area contributed by atoms with Crippen LogP contribution in [0, 0.1) is 0 Å². The first kappa shape index (κ1) is 20.7. The lowest BCUT2D eigenvalue weighted by atomic mass is 10.0. The van der Waals surface area contributed by atoms with E-state index in [1.54, 1.807) is 57.4 Å². The van der Waals surface area contributed by atoms with Gasteiger partial charge in [0, 0.05) is 12.0 Å². The van der Waals surface area contributed by atoms with Gasteiger partial charge in [0.25, 0.3) is 0 Å². The number of carbonyl (C=O) groups is 1. The minimum atomic E-state index is -3.78. The van der Waals surface area contributed by atoms with E-state index in [2.05, 4.69) is 4.72 Å². The monoisotopic (exact) mass is 393 g/mol. The summed E-state index contributed by atoms with van der Waals surface area (Å²) >= 11 is 0. The number of hydrogen-bond acceptors (Lipinski definition) is 5. The fourth-order valence-electron chi connectivity index (χ4n) is 2.36. The third kappa shape index (κ3) is 6.26. The second kappa shape index (κ2) is 8.41. The van der Waals surface area contributed by atoms with Gasteiger partial charge in [-0.3, -0.25) is 4.79 Å². The summed E-state index contributed by atoms with van der Waals surface area (Å²) < 4.78 is 38.3. The predicted octanol–water partition coefficient (Wildman–Crippen LogP) is 3.41. The lowest BCUT2D eigenvalue weighted by Crippen LogP contribution is -2.43. The minimum absolute atomic E-state index is 0.0768. The molecule has 0 aliphatic heterocycles. The first-order valence-corrected chi connectivity index (χ1v) is 9.77. The fourth-order valence-corrected chi connectivity index (χ4v) is 3.80. The van der Waals surface area contributed by atoms with Gasteiger partial charge >= 0.3 is 5.97 Å². The van der Waals surface area contributed by atoms with Crippen LogP contribution in [-0.2, 0) is 14.8 Å². The number of methoxy groups -OCH3 is 1. The largest absolute Gasteiger partial charge is 0.497 e. The average Bonchev–Trinajstić information content (AvgIpc) is 2.60. The van der Waals surface area contributed by atoms with Crippen LogP contribution < -0.4 is 14.2 Å². The summed E-state index contributed by atoms with van der Waals surface area (Å²) in [4.78, 5) is 10.8. The highest BCUT2D eigenvalue weighted by atomic mass is 32.2. The van der Waals surface area contributed by atoms with Crippen LogP contribution in [0.4, 0.5) is 0 Å². The van der Waals surface area contributed by atoms with E-state index in [-0.39, 0.29) is 17.7 Å². The molecule has 2 N–H and O–H groups in total. The molecule has 0 spiro atoms. The smallest absolute Gasteiger partial charge is 0.303 e. The third-order valence-electron chi connectivity index (χ3n) is 3.80. The standard InChI is InChI=1S/C19H23NO6S/c1-19(2,13-12-18(21)22)20-27(23,24)17-10-8-16(9-11-17)26-15-6-4-14(25-3)5-7-15/h4-11,20H,12-13H2,1-3H3,(H,21,22). The van der Waals surface area contributed by atoms with E-state index >= 15 is 0 Å². The maximum absolute atomic E-state index is 12.5. The molecule has 27 heavy (non-hydrogen) atoms. The number of nitrogens with one attached hydrogen (secondary N) is 1. The lowest BCUT2D eigenvalue weighted by Gasteiger charge is -2.25. The van der Waals surface area contributed by atoms with Gasteiger partial charge in [-0.25, -0.2) is 13.1 Å². The van der Waals surface area contributed by atoms with Gasteiger partial charge in [0.05, 0.1) is 12.0 Å². The van der Waals surface area contributed by atoms with Gasteiger partial charge in [0.2, 0.25) is 10.0 Å². The van der Waals surface area contributed by atoms with Gasteiger partial charge in [-0.15, -0.1) is 0 Å². The van der Waals surface area contributed by atoms with Gasteiger partial charge in [-0.2, -0.15) is 0 Å². The van der Waals surface area contributed by atoms with Crippen LogP contribution >= 0.6 is 0 Å². The molecule has 2 aromatic carbocycles. The molecule has 0 aliphatic carbocycles. The number of sulfonamides is 1. The van der Waals surface area contributed by atoms with E-state index < -0.39 is 21.5 Å². The molecule has 2 aromatic rings. The molecular formula is C19H23NO6S. The van der Waals surface area contributed by atoms with E-state index in [1.165, 1.54) is 12.1 Å². The van der Waals surface area contributed by atoms with Crippen LogP contribution in [0.25, 0.3) is 0 Å². The van der Waals surface area contributed by atoms with Crippen molar-refractivity contribution < 1.29 is 27.8 Å². The number of benzene rings is 2. The molecule has 2 rings (SSSR count). The van der Waals surface area contributed by atoms with Gasteiger partial charge in [-0.1, -0.05) is 0 Å². The van der Waals surface area contributed by atoms with Crippen molar-refractivity contribution in [3.63, 3.8) is 0 Å². The SMILES string of the molecule is COc1ccc(Oc2ccc(S(=O)(=O)NC(C)(C)CCC(=O)O)cc2)cc1. The minimum Gasteiger partial charge on any atom is -0.497 e. The summed E-state index contributed by atoms with van der Waals surface area (Å²) in [6, 6.07) is 13.0. The number of hydrogen-bond donors (Lipinski definition) is 2. The van der Waals surface area contributed by atoms with Gasteiger partial charge in [-0.05, 0) is 68.8 Å². The van der Waals surface area contributed by atoms with E-state index in [0.29, 0.717) is 17.2 Å². The molecule has 0 atom stereocenters. The number of carboxylic acids is 1. The van der Waals surface area contributed by atoms with Crippen molar-refractivity contribution in [2.24, 2.45) is 0 Å². The quantitative estimate of drug-likeness (QED) is 0.677. The molecule has 0 radical (unpaired) electrons. The molecule has 0 saturated carbocycles. The second-order valence-electron chi connectivity index (χ2n) is 6.63. The first-order chi connectivity index (χ1) is 12.6. The first-order valence-electron chi connectivity index (χ1n) is 8.29. The van der Waals surface area contributed by atoms with Crippen molar-refractivity contribution in [2.45, 2.75) is 37.1 Å². The zero-order chi connectivity index (χ0) is 20.1. The Bertz CT molecular complexity index is 873. The summed E-state index contributed by atoms with van der Waals surface area (Å²) in [7, 11) is -2.20. The van der Waals surface area contributed by atoms with Crippen molar-refractivity contribution in [1.82, 2.24) is 4.72 Å². The van der Waals surface area contributed by atoms with Crippen molar-refractivity contribution >= 4 is 16.0 Å². The summed E-state index contributed by atoms with van der Waals surface area (Å²) in [5, 5.41) is 8.77. The normalized spacial score (nSPS) is 11.8. The number of carboxylic acid groups (broad SMARTS) is 1. The molecule has 0 aliphatic rings. The number of rotatable bonds is 9. The van der Waals surface area contributed by atoms with Crippen LogP contribution in [0.15, 0.2) is 53.4 Å². The highest BCUT2D eigenvalue weighted by Crippen LogP contribution is 2.25. The van der Waals surface area contributed by atoms with Crippen LogP contribution in [0.5, 0.6) is 17.2 Å². The highest BCUT2D eigenvalue weighted by molar-refractivity contribution is 7.89. The fraction of sp³-hybridized carbons (Fsp3) is 0.316. The summed E-state index contributed by atoms with van der Waals surface area (Å²) in [5.41, 5.74) is -0.879. The molecular weight excluding hydrogens is 370 g/mol. The Kier molecular flexibility index (Phi) is 6.45. The molecule has 0 fully saturated rings. The van der Waals surface area contributed by atoms with Gasteiger partial charge in [0.1, 0.15) is 17.2 Å². The number of aliphatic carboxylic acids is 1. The Morgan fingerprint density at radius 2 is 1.48 bits per heavy atom. The number of ether oxygens (including phenoxy) is 2. The molecule has 146 valence electrons. The van der Waals surface area contributed by atoms with Crippen molar-refractivity contribution in [1.29, 1.82) is 0 Å². The Labute approximate surface area is 159 Å². The maximum atomic E-state index is 12.5. The Balaban J connectivity index is 2.07. The molecule has 0 saturated heterocycles. The zero-order valence-corrected chi connectivity index (χ0v) is 16.2. The van der Waals surface area contributed by atoms with Crippen LogP contribution in [0.3, 0.4) is 0 Å². The van der Waals surface area contributed by atoms with Crippen LogP contribution in [0.2, 0.25) is 0 Å². The summed E-state index contributed by atoms with van der Waals surface area (Å²) in [5.74, 6) is 0.825. The molecule has 0 bridgehead atoms. The molecule has 0 unspecified atom stereocenters. The van der Waals surface area contributed by atoms with Crippen LogP contribution in [-0.4, -0.2) is 32.1 Å². The van der Waals surface area contributed by atoms with E-state index in [9.17, 15) is 13.2 Å². The Morgan fingerprint density at radius 3 is 1.96 bits per heavy atom. The zero-order valence-electron chi connectivity index (χ0n) is 15.4. The molecule has 7 nitrogen and oxygen atoms in total. The van der Waals surface area contributed by atoms with Gasteiger partial charge in [0.15, 0.2) is 0 Å². The average molecular weight is 393 g/mol. The van der Waals surface area contributed by atoms with Crippen LogP contribution in [0.1, 0.15) is 26.7 Å². The highest BCUT2D eigenvalue weighted by Gasteiger charge is 2.26. The summed E-state index contributed by atoms with van der Waals surface area (Å²) in [6.07, 6.45) is 0.0599. The molecule has 8 heteroatoms. The maximum Gasteiger partial charge on any atom is 0.303 e. The van der Waals surface area contributed by atoms with Crippen molar-refractivity contribution in [3.05, 3.63) is 48.5 Å². The predicted molar refractivity (Wildman–Crippen MR) is 101 cm³/mol. The molecule has 0 aromatic heterocycles. The molecule has 0 amide bonds. The Morgan fingerprint density at radius 1 is 1.00 bits per heavy atom. The second-order valence-corrected chi connectivity index (χ2v) is 8.31.